The zero-order valence-electron chi connectivity index (χ0n) is 14.7. The van der Waals surface area contributed by atoms with E-state index >= 15 is 0 Å². The van der Waals surface area contributed by atoms with Crippen molar-refractivity contribution >= 4 is 17.3 Å². The first-order valence-corrected chi connectivity index (χ1v) is 9.49. The molecule has 0 radical (unpaired) electrons. The van der Waals surface area contributed by atoms with E-state index in [-0.39, 0.29) is 5.60 Å². The molecule has 1 aromatic heterocycles. The highest BCUT2D eigenvalue weighted by atomic mass is 32.1. The molecule has 5 nitrogen and oxygen atoms in total. The molecule has 0 bridgehead atoms. The van der Waals surface area contributed by atoms with E-state index in [1.54, 1.807) is 11.3 Å². The Morgan fingerprint density at radius 3 is 2.74 bits per heavy atom. The zero-order valence-corrected chi connectivity index (χ0v) is 15.5. The first-order valence-electron chi connectivity index (χ1n) is 8.67. The Bertz CT molecular complexity index is 495. The van der Waals surface area contributed by atoms with Gasteiger partial charge in [-0.2, -0.15) is 0 Å². The molecule has 0 aromatic carbocycles. The fraction of sp³-hybridized carbons (Fsp3) is 0.765. The molecule has 0 aliphatic heterocycles. The number of hydrogen-bond donors (Lipinski definition) is 2. The van der Waals surface area contributed by atoms with Crippen LogP contribution in [-0.2, 0) is 11.3 Å². The van der Waals surface area contributed by atoms with Gasteiger partial charge in [-0.1, -0.05) is 26.2 Å². The smallest absolute Gasteiger partial charge is 0.191 e. The van der Waals surface area contributed by atoms with Gasteiger partial charge in [-0.15, -0.1) is 11.3 Å². The van der Waals surface area contributed by atoms with E-state index in [1.807, 2.05) is 13.2 Å². The average molecular weight is 339 g/mol. The summed E-state index contributed by atoms with van der Waals surface area (Å²) in [5.74, 6) is 0.822. The van der Waals surface area contributed by atoms with Crippen molar-refractivity contribution in [1.82, 2.24) is 15.6 Å². The van der Waals surface area contributed by atoms with E-state index in [0.29, 0.717) is 6.54 Å². The quantitative estimate of drug-likeness (QED) is 0.592. The summed E-state index contributed by atoms with van der Waals surface area (Å²) in [4.78, 5) is 9.93. The number of rotatable bonds is 7. The standard InChI is InChI=1S/C17H30N4OS/c1-4-10-22-17(8-6-5-7-9-17)13-21-16(18-3)20-12-15-19-11-14(2)23-15/h11H,4-10,12-13H2,1-3H3,(H2,18,20,21). The molecule has 1 fully saturated rings. The lowest BCUT2D eigenvalue weighted by atomic mass is 9.84. The molecule has 0 saturated heterocycles. The summed E-state index contributed by atoms with van der Waals surface area (Å²) in [6.07, 6.45) is 9.11. The molecule has 1 aliphatic rings. The van der Waals surface area contributed by atoms with Gasteiger partial charge >= 0.3 is 0 Å². The van der Waals surface area contributed by atoms with Gasteiger partial charge < -0.3 is 15.4 Å². The molecule has 23 heavy (non-hydrogen) atoms. The minimum Gasteiger partial charge on any atom is -0.373 e. The number of guanidine groups is 1. The van der Waals surface area contributed by atoms with Gasteiger partial charge in [-0.3, -0.25) is 4.99 Å². The van der Waals surface area contributed by atoms with Crippen molar-refractivity contribution < 1.29 is 4.74 Å². The fourth-order valence-corrected chi connectivity index (χ4v) is 3.72. The van der Waals surface area contributed by atoms with Crippen LogP contribution in [0.25, 0.3) is 0 Å². The Labute approximate surface area is 144 Å². The number of aromatic nitrogens is 1. The Kier molecular flexibility index (Phi) is 7.30. The number of aliphatic imine (C=N–C) groups is 1. The second-order valence-corrected chi connectivity index (χ2v) is 7.56. The van der Waals surface area contributed by atoms with Crippen molar-refractivity contribution in [2.45, 2.75) is 64.5 Å². The van der Waals surface area contributed by atoms with Crippen LogP contribution in [0.2, 0.25) is 0 Å². The molecule has 130 valence electrons. The molecule has 1 saturated carbocycles. The Balaban J connectivity index is 1.84. The van der Waals surface area contributed by atoms with Crippen molar-refractivity contribution in [1.29, 1.82) is 0 Å². The highest BCUT2D eigenvalue weighted by Crippen LogP contribution is 2.31. The van der Waals surface area contributed by atoms with Gasteiger partial charge in [-0.05, 0) is 26.2 Å². The summed E-state index contributed by atoms with van der Waals surface area (Å²) in [5.41, 5.74) is -0.0242. The van der Waals surface area contributed by atoms with Crippen molar-refractivity contribution in [3.63, 3.8) is 0 Å². The van der Waals surface area contributed by atoms with E-state index in [2.05, 4.69) is 34.5 Å². The number of ether oxygens (including phenoxy) is 1. The number of aryl methyl sites for hydroxylation is 1. The van der Waals surface area contributed by atoms with Crippen LogP contribution < -0.4 is 10.6 Å². The van der Waals surface area contributed by atoms with E-state index in [1.165, 1.54) is 24.1 Å². The summed E-state index contributed by atoms with van der Waals surface area (Å²) >= 11 is 1.72. The Hall–Kier alpha value is -1.14. The lowest BCUT2D eigenvalue weighted by molar-refractivity contribution is -0.0657. The fourth-order valence-electron chi connectivity index (χ4n) is 2.99. The molecule has 0 unspecified atom stereocenters. The summed E-state index contributed by atoms with van der Waals surface area (Å²) in [7, 11) is 1.81. The summed E-state index contributed by atoms with van der Waals surface area (Å²) in [6.45, 7) is 6.61. The number of hydrogen-bond acceptors (Lipinski definition) is 4. The van der Waals surface area contributed by atoms with Gasteiger partial charge in [0.25, 0.3) is 0 Å². The maximum atomic E-state index is 6.23. The third-order valence-electron chi connectivity index (χ3n) is 4.25. The van der Waals surface area contributed by atoms with Gasteiger partial charge in [0.15, 0.2) is 5.96 Å². The normalized spacial score (nSPS) is 18.0. The minimum atomic E-state index is -0.0242. The van der Waals surface area contributed by atoms with Crippen molar-refractivity contribution in [3.05, 3.63) is 16.1 Å². The largest absolute Gasteiger partial charge is 0.373 e. The predicted molar refractivity (Wildman–Crippen MR) is 97.1 cm³/mol. The lowest BCUT2D eigenvalue weighted by Crippen LogP contribution is -2.49. The molecule has 6 heteroatoms. The SMILES string of the molecule is CCCOC1(CNC(=NC)NCc2ncc(C)s2)CCCCC1. The minimum absolute atomic E-state index is 0.0242. The highest BCUT2D eigenvalue weighted by Gasteiger charge is 2.32. The van der Waals surface area contributed by atoms with Gasteiger partial charge in [0.05, 0.1) is 12.1 Å². The van der Waals surface area contributed by atoms with Crippen LogP contribution in [0, 0.1) is 6.92 Å². The van der Waals surface area contributed by atoms with Crippen LogP contribution in [0.5, 0.6) is 0 Å². The summed E-state index contributed by atoms with van der Waals surface area (Å²) in [5, 5.41) is 7.88. The number of thiazole rings is 1. The van der Waals surface area contributed by atoms with Gasteiger partial charge in [0.2, 0.25) is 0 Å². The first kappa shape index (κ1) is 18.2. The molecular formula is C17H30N4OS. The number of nitrogens with zero attached hydrogens (tertiary/aromatic N) is 2. The van der Waals surface area contributed by atoms with Gasteiger partial charge in [-0.25, -0.2) is 4.98 Å². The van der Waals surface area contributed by atoms with Crippen LogP contribution in [0.1, 0.15) is 55.3 Å². The zero-order chi connectivity index (χ0) is 16.5. The third-order valence-corrected chi connectivity index (χ3v) is 5.17. The number of nitrogens with one attached hydrogen (secondary N) is 2. The van der Waals surface area contributed by atoms with Crippen molar-refractivity contribution in [2.75, 3.05) is 20.2 Å². The molecule has 0 amide bonds. The van der Waals surface area contributed by atoms with E-state index in [9.17, 15) is 0 Å². The van der Waals surface area contributed by atoms with Crippen LogP contribution in [0.3, 0.4) is 0 Å². The molecule has 2 rings (SSSR count). The second-order valence-electron chi connectivity index (χ2n) is 6.24. The molecule has 2 N–H and O–H groups in total. The summed E-state index contributed by atoms with van der Waals surface area (Å²) in [6, 6.07) is 0. The summed E-state index contributed by atoms with van der Waals surface area (Å²) < 4.78 is 6.23. The second kappa shape index (κ2) is 9.23. The first-order chi connectivity index (χ1) is 11.2. The maximum Gasteiger partial charge on any atom is 0.191 e. The molecule has 1 aromatic rings. The monoisotopic (exact) mass is 338 g/mol. The lowest BCUT2D eigenvalue weighted by Gasteiger charge is -2.37. The molecule has 1 aliphatic carbocycles. The topological polar surface area (TPSA) is 58.5 Å². The molecule has 0 spiro atoms. The van der Waals surface area contributed by atoms with Gasteiger partial charge in [0.1, 0.15) is 5.01 Å². The molecule has 0 atom stereocenters. The maximum absolute atomic E-state index is 6.23. The van der Waals surface area contributed by atoms with Crippen LogP contribution in [0.4, 0.5) is 0 Å². The van der Waals surface area contributed by atoms with Crippen LogP contribution in [-0.4, -0.2) is 36.7 Å². The molecule has 1 heterocycles. The van der Waals surface area contributed by atoms with E-state index in [0.717, 1.165) is 43.4 Å². The third kappa shape index (κ3) is 5.77. The van der Waals surface area contributed by atoms with Crippen LogP contribution in [0.15, 0.2) is 11.2 Å². The predicted octanol–water partition coefficient (Wildman–Crippen LogP) is 3.25. The average Bonchev–Trinajstić information content (AvgIpc) is 2.99. The van der Waals surface area contributed by atoms with E-state index < -0.39 is 0 Å². The van der Waals surface area contributed by atoms with E-state index in [4.69, 9.17) is 4.74 Å². The Morgan fingerprint density at radius 2 is 2.13 bits per heavy atom. The van der Waals surface area contributed by atoms with Crippen molar-refractivity contribution in [2.24, 2.45) is 4.99 Å². The van der Waals surface area contributed by atoms with Crippen LogP contribution >= 0.6 is 11.3 Å². The van der Waals surface area contributed by atoms with Crippen molar-refractivity contribution in [3.8, 4) is 0 Å². The Morgan fingerprint density at radius 1 is 1.35 bits per heavy atom. The molecular weight excluding hydrogens is 308 g/mol. The highest BCUT2D eigenvalue weighted by molar-refractivity contribution is 7.11. The van der Waals surface area contributed by atoms with Gasteiger partial charge in [0, 0.05) is 31.3 Å².